The lowest BCUT2D eigenvalue weighted by molar-refractivity contribution is -0.140. The second-order valence-electron chi connectivity index (χ2n) is 9.66. The molecule has 2 aromatic carbocycles. The van der Waals surface area contributed by atoms with E-state index in [2.05, 4.69) is 5.32 Å². The van der Waals surface area contributed by atoms with Gasteiger partial charge in [-0.15, -0.1) is 0 Å². The Hall–Kier alpha value is -3.40. The van der Waals surface area contributed by atoms with E-state index in [-0.39, 0.29) is 23.9 Å². The van der Waals surface area contributed by atoms with E-state index >= 15 is 0 Å². The fourth-order valence-electron chi connectivity index (χ4n) is 3.52. The summed E-state index contributed by atoms with van der Waals surface area (Å²) in [5.41, 5.74) is 0.691. The van der Waals surface area contributed by atoms with E-state index in [9.17, 15) is 22.8 Å². The number of methoxy groups -OCH3 is 1. The van der Waals surface area contributed by atoms with Gasteiger partial charge in [-0.3, -0.25) is 18.7 Å². The summed E-state index contributed by atoms with van der Waals surface area (Å²) < 4.78 is 31.6. The van der Waals surface area contributed by atoms with E-state index in [0.29, 0.717) is 16.9 Å². The normalized spacial score (nSPS) is 12.4. The van der Waals surface area contributed by atoms with E-state index in [1.807, 2.05) is 20.8 Å². The number of carbonyl (C=O) groups is 3. The van der Waals surface area contributed by atoms with Crippen molar-refractivity contribution < 1.29 is 27.5 Å². The van der Waals surface area contributed by atoms with Gasteiger partial charge in [-0.05, 0) is 64.4 Å². The van der Waals surface area contributed by atoms with Crippen LogP contribution in [0, 0.1) is 0 Å². The number of hydrogen-bond acceptors (Lipinski definition) is 6. The molecule has 1 N–H and O–H groups in total. The van der Waals surface area contributed by atoms with Crippen molar-refractivity contribution in [2.75, 3.05) is 24.2 Å². The highest BCUT2D eigenvalue weighted by atomic mass is 32.2. The third-order valence-corrected chi connectivity index (χ3v) is 6.51. The Morgan fingerprint density at radius 3 is 2.25 bits per heavy atom. The molecule has 0 aliphatic heterocycles. The summed E-state index contributed by atoms with van der Waals surface area (Å²) in [4.78, 5) is 39.8. The molecular weight excluding hydrogens is 482 g/mol. The van der Waals surface area contributed by atoms with Crippen LogP contribution >= 0.6 is 0 Å². The van der Waals surface area contributed by atoms with E-state index in [1.165, 1.54) is 31.1 Å². The van der Waals surface area contributed by atoms with Gasteiger partial charge in [0.15, 0.2) is 5.78 Å². The molecule has 36 heavy (non-hydrogen) atoms. The maximum Gasteiger partial charge on any atom is 0.244 e. The molecule has 0 radical (unpaired) electrons. The zero-order chi connectivity index (χ0) is 27.3. The Bertz CT molecular complexity index is 1220. The van der Waals surface area contributed by atoms with Crippen LogP contribution in [0.3, 0.4) is 0 Å². The maximum absolute atomic E-state index is 13.6. The molecule has 1 atom stereocenters. The van der Waals surface area contributed by atoms with Crippen molar-refractivity contribution in [2.45, 2.75) is 52.7 Å². The number of ketones is 1. The Kier molecular flexibility index (Phi) is 9.26. The zero-order valence-electron chi connectivity index (χ0n) is 21.9. The molecule has 9 nitrogen and oxygen atoms in total. The summed E-state index contributed by atoms with van der Waals surface area (Å²) in [5, 5.41) is 2.87. The Morgan fingerprint density at radius 2 is 1.69 bits per heavy atom. The average molecular weight is 518 g/mol. The van der Waals surface area contributed by atoms with E-state index in [0.717, 1.165) is 10.6 Å². The van der Waals surface area contributed by atoms with Crippen LogP contribution in [-0.2, 0) is 26.2 Å². The maximum atomic E-state index is 13.6. The first-order chi connectivity index (χ1) is 16.6. The topological polar surface area (TPSA) is 113 Å². The van der Waals surface area contributed by atoms with Gasteiger partial charge < -0.3 is 15.0 Å². The Labute approximate surface area is 213 Å². The number of Topliss-reactive ketones (excluding diaryl/α,β-unsaturated/α-hetero) is 1. The fraction of sp³-hybridized carbons (Fsp3) is 0.423. The van der Waals surface area contributed by atoms with Crippen LogP contribution < -0.4 is 14.4 Å². The first kappa shape index (κ1) is 28.8. The lowest BCUT2D eigenvalue weighted by Gasteiger charge is -2.33. The number of amides is 2. The van der Waals surface area contributed by atoms with Crippen molar-refractivity contribution in [3.05, 3.63) is 59.7 Å². The Morgan fingerprint density at radius 1 is 1.06 bits per heavy atom. The number of hydrogen-bond donors (Lipinski definition) is 1. The monoisotopic (exact) mass is 517 g/mol. The van der Waals surface area contributed by atoms with Gasteiger partial charge in [-0.1, -0.05) is 24.3 Å². The van der Waals surface area contributed by atoms with Crippen molar-refractivity contribution >= 4 is 33.3 Å². The van der Waals surface area contributed by atoms with Crippen LogP contribution in [0.2, 0.25) is 0 Å². The molecule has 0 aromatic heterocycles. The van der Waals surface area contributed by atoms with Gasteiger partial charge in [0, 0.05) is 17.6 Å². The lowest BCUT2D eigenvalue weighted by Crippen LogP contribution is -2.54. The summed E-state index contributed by atoms with van der Waals surface area (Å²) >= 11 is 0. The van der Waals surface area contributed by atoms with E-state index in [4.69, 9.17) is 4.74 Å². The molecule has 10 heteroatoms. The zero-order valence-corrected chi connectivity index (χ0v) is 22.7. The molecular formula is C26H35N3O6S. The number of rotatable bonds is 10. The molecule has 2 rings (SSSR count). The minimum absolute atomic E-state index is 0.0554. The molecule has 196 valence electrons. The minimum atomic E-state index is -3.89. The SMILES string of the molecule is COc1cccc(CN(C(=O)CN(c2cccc(C(C)=O)c2)S(C)(=O)=O)C(C)C(=O)NC(C)(C)C)c1. The largest absolute Gasteiger partial charge is 0.497 e. The first-order valence-electron chi connectivity index (χ1n) is 11.5. The van der Waals surface area contributed by atoms with E-state index in [1.54, 1.807) is 43.3 Å². The van der Waals surface area contributed by atoms with Gasteiger partial charge in [0.05, 0.1) is 19.1 Å². The molecule has 0 saturated carbocycles. The third kappa shape index (κ3) is 8.08. The second kappa shape index (κ2) is 11.6. The van der Waals surface area contributed by atoms with E-state index < -0.39 is 34.1 Å². The molecule has 2 amide bonds. The van der Waals surface area contributed by atoms with Crippen molar-refractivity contribution in [1.82, 2.24) is 10.2 Å². The van der Waals surface area contributed by atoms with Gasteiger partial charge >= 0.3 is 0 Å². The van der Waals surface area contributed by atoms with Gasteiger partial charge in [-0.25, -0.2) is 8.42 Å². The van der Waals surface area contributed by atoms with Crippen molar-refractivity contribution in [3.63, 3.8) is 0 Å². The second-order valence-corrected chi connectivity index (χ2v) is 11.6. The molecule has 0 fully saturated rings. The third-order valence-electron chi connectivity index (χ3n) is 5.37. The van der Waals surface area contributed by atoms with Gasteiger partial charge in [0.1, 0.15) is 18.3 Å². The molecule has 0 aliphatic carbocycles. The number of ether oxygens (including phenoxy) is 1. The quantitative estimate of drug-likeness (QED) is 0.485. The van der Waals surface area contributed by atoms with Crippen LogP contribution in [0.15, 0.2) is 48.5 Å². The number of nitrogens with one attached hydrogen (secondary N) is 1. The predicted molar refractivity (Wildman–Crippen MR) is 140 cm³/mol. The predicted octanol–water partition coefficient (Wildman–Crippen LogP) is 3.00. The highest BCUT2D eigenvalue weighted by molar-refractivity contribution is 7.92. The molecule has 1 unspecified atom stereocenters. The molecule has 0 bridgehead atoms. The summed E-state index contributed by atoms with van der Waals surface area (Å²) in [7, 11) is -2.36. The van der Waals surface area contributed by atoms with Crippen LogP contribution in [0.4, 0.5) is 5.69 Å². The van der Waals surface area contributed by atoms with Crippen molar-refractivity contribution in [1.29, 1.82) is 0 Å². The molecule has 0 spiro atoms. The standard InChI is InChI=1S/C26H35N3O6S/c1-18(25(32)27-26(3,4)5)28(16-20-10-8-13-23(14-20)35-6)24(31)17-29(36(7,33)34)22-12-9-11-21(15-22)19(2)30/h8-15,18H,16-17H2,1-7H3,(H,27,32). The lowest BCUT2D eigenvalue weighted by atomic mass is 10.1. The number of nitrogens with zero attached hydrogens (tertiary/aromatic N) is 2. The summed E-state index contributed by atoms with van der Waals surface area (Å²) in [6.07, 6.45) is 0.989. The van der Waals surface area contributed by atoms with Gasteiger partial charge in [0.25, 0.3) is 0 Å². The number of anilines is 1. The fourth-order valence-corrected chi connectivity index (χ4v) is 4.36. The first-order valence-corrected chi connectivity index (χ1v) is 13.3. The van der Waals surface area contributed by atoms with Crippen LogP contribution in [-0.4, -0.2) is 62.4 Å². The van der Waals surface area contributed by atoms with Crippen LogP contribution in [0.5, 0.6) is 5.75 Å². The van der Waals surface area contributed by atoms with Crippen LogP contribution in [0.25, 0.3) is 0 Å². The number of carbonyl (C=O) groups excluding carboxylic acids is 3. The number of sulfonamides is 1. The highest BCUT2D eigenvalue weighted by Gasteiger charge is 2.31. The van der Waals surface area contributed by atoms with Crippen molar-refractivity contribution in [2.24, 2.45) is 0 Å². The smallest absolute Gasteiger partial charge is 0.244 e. The minimum Gasteiger partial charge on any atom is -0.497 e. The van der Waals surface area contributed by atoms with Gasteiger partial charge in [0.2, 0.25) is 21.8 Å². The molecule has 0 saturated heterocycles. The Balaban J connectivity index is 2.46. The molecule has 0 aliphatic rings. The van der Waals surface area contributed by atoms with Gasteiger partial charge in [-0.2, -0.15) is 0 Å². The summed E-state index contributed by atoms with van der Waals surface area (Å²) in [6, 6.07) is 12.3. The molecule has 0 heterocycles. The summed E-state index contributed by atoms with van der Waals surface area (Å²) in [5.74, 6) is -0.592. The highest BCUT2D eigenvalue weighted by Crippen LogP contribution is 2.22. The van der Waals surface area contributed by atoms with Crippen LogP contribution in [0.1, 0.15) is 50.5 Å². The average Bonchev–Trinajstić information content (AvgIpc) is 2.78. The summed E-state index contributed by atoms with van der Waals surface area (Å²) in [6.45, 7) is 7.98. The number of benzene rings is 2. The van der Waals surface area contributed by atoms with Crippen molar-refractivity contribution in [3.8, 4) is 5.75 Å². The molecule has 2 aromatic rings.